The van der Waals surface area contributed by atoms with E-state index in [4.69, 9.17) is 32.7 Å². The number of ether oxygens (including phenoxy) is 2. The summed E-state index contributed by atoms with van der Waals surface area (Å²) >= 11 is 11.9. The highest BCUT2D eigenvalue weighted by Crippen LogP contribution is 2.30. The van der Waals surface area contributed by atoms with Gasteiger partial charge in [0, 0.05) is 6.07 Å². The zero-order valence-electron chi connectivity index (χ0n) is 17.0. The van der Waals surface area contributed by atoms with Crippen LogP contribution in [0.1, 0.15) is 11.1 Å². The number of nitrogens with zero attached hydrogens (tertiary/aromatic N) is 3. The van der Waals surface area contributed by atoms with Gasteiger partial charge in [0.25, 0.3) is 5.69 Å². The molecule has 0 amide bonds. The van der Waals surface area contributed by atoms with Crippen LogP contribution in [0.15, 0.2) is 59.7 Å². The molecule has 10 nitrogen and oxygen atoms in total. The molecule has 0 radical (unpaired) electrons. The molecule has 0 aliphatic rings. The number of benzene rings is 3. The first-order valence-corrected chi connectivity index (χ1v) is 10.0. The van der Waals surface area contributed by atoms with Crippen molar-refractivity contribution in [2.75, 3.05) is 12.5 Å². The molecule has 0 bridgehead atoms. The molecule has 0 fully saturated rings. The van der Waals surface area contributed by atoms with Crippen LogP contribution in [0.3, 0.4) is 0 Å². The Morgan fingerprint density at radius 1 is 0.970 bits per heavy atom. The summed E-state index contributed by atoms with van der Waals surface area (Å²) < 4.78 is 11.2. The van der Waals surface area contributed by atoms with Gasteiger partial charge in [-0.15, -0.1) is 0 Å². The Kier molecular flexibility index (Phi) is 7.65. The van der Waals surface area contributed by atoms with Crippen LogP contribution in [0, 0.1) is 20.2 Å². The molecule has 0 unspecified atom stereocenters. The van der Waals surface area contributed by atoms with Gasteiger partial charge in [-0.25, -0.2) is 0 Å². The first-order valence-electron chi connectivity index (χ1n) is 9.25. The number of hydrogen-bond donors (Lipinski definition) is 1. The van der Waals surface area contributed by atoms with E-state index in [1.54, 1.807) is 36.4 Å². The number of halogens is 2. The quantitative estimate of drug-likeness (QED) is 0.226. The summed E-state index contributed by atoms with van der Waals surface area (Å²) in [6, 6.07) is 13.5. The van der Waals surface area contributed by atoms with Crippen molar-refractivity contribution in [2.45, 2.75) is 6.61 Å². The summed E-state index contributed by atoms with van der Waals surface area (Å²) in [7, 11) is 1.49. The molecule has 33 heavy (non-hydrogen) atoms. The Bertz CT molecular complexity index is 1240. The molecule has 0 aromatic heterocycles. The van der Waals surface area contributed by atoms with Gasteiger partial charge in [0.1, 0.15) is 12.3 Å². The van der Waals surface area contributed by atoms with Gasteiger partial charge in [0.2, 0.25) is 0 Å². The Hall–Kier alpha value is -3.89. The maximum atomic E-state index is 11.2. The molecule has 170 valence electrons. The van der Waals surface area contributed by atoms with Gasteiger partial charge in [-0.2, -0.15) is 5.10 Å². The summed E-state index contributed by atoms with van der Waals surface area (Å²) in [5.74, 6) is 0.931. The van der Waals surface area contributed by atoms with Gasteiger partial charge >= 0.3 is 5.69 Å². The van der Waals surface area contributed by atoms with Crippen LogP contribution in [0.5, 0.6) is 11.5 Å². The molecule has 0 atom stereocenters. The second kappa shape index (κ2) is 10.6. The number of nitro groups is 2. The first-order chi connectivity index (χ1) is 15.8. The van der Waals surface area contributed by atoms with E-state index in [0.29, 0.717) is 27.1 Å². The lowest BCUT2D eigenvalue weighted by Gasteiger charge is -2.12. The number of hydrogen-bond acceptors (Lipinski definition) is 8. The summed E-state index contributed by atoms with van der Waals surface area (Å²) in [6.45, 7) is 0.242. The van der Waals surface area contributed by atoms with Crippen LogP contribution >= 0.6 is 23.2 Å². The summed E-state index contributed by atoms with van der Waals surface area (Å²) in [5, 5.41) is 26.9. The topological polar surface area (TPSA) is 129 Å². The predicted molar refractivity (Wildman–Crippen MR) is 125 cm³/mol. The van der Waals surface area contributed by atoms with Crippen molar-refractivity contribution in [3.8, 4) is 11.5 Å². The fraction of sp³-hybridized carbons (Fsp3) is 0.0952. The molecule has 0 heterocycles. The fourth-order valence-electron chi connectivity index (χ4n) is 2.73. The van der Waals surface area contributed by atoms with Crippen molar-refractivity contribution >= 4 is 46.5 Å². The van der Waals surface area contributed by atoms with E-state index in [1.807, 2.05) is 0 Å². The Morgan fingerprint density at radius 2 is 1.76 bits per heavy atom. The average Bonchev–Trinajstić information content (AvgIpc) is 2.80. The number of hydrazone groups is 1. The monoisotopic (exact) mass is 490 g/mol. The van der Waals surface area contributed by atoms with Crippen LogP contribution in [0.25, 0.3) is 0 Å². The van der Waals surface area contributed by atoms with Gasteiger partial charge in [0.05, 0.1) is 39.3 Å². The van der Waals surface area contributed by atoms with Crippen LogP contribution in [-0.4, -0.2) is 23.2 Å². The van der Waals surface area contributed by atoms with Crippen molar-refractivity contribution in [1.82, 2.24) is 0 Å². The number of methoxy groups -OCH3 is 1. The molecule has 0 aliphatic carbocycles. The van der Waals surface area contributed by atoms with Gasteiger partial charge < -0.3 is 9.47 Å². The molecule has 12 heteroatoms. The zero-order chi connectivity index (χ0) is 24.0. The van der Waals surface area contributed by atoms with Crippen LogP contribution < -0.4 is 14.9 Å². The minimum absolute atomic E-state index is 0.00962. The van der Waals surface area contributed by atoms with Crippen LogP contribution in [0.2, 0.25) is 10.0 Å². The molecule has 3 aromatic carbocycles. The fourth-order valence-corrected chi connectivity index (χ4v) is 3.05. The normalized spacial score (nSPS) is 10.8. The SMILES string of the molecule is COc1cc(/C=N\Nc2ccc([N+](=O)[O-])cc2[N+](=O)[O-])ccc1OCc1ccc(Cl)c(Cl)c1. The number of rotatable bonds is 9. The Labute approximate surface area is 197 Å². The molecule has 0 aliphatic heterocycles. The predicted octanol–water partition coefficient (Wildman–Crippen LogP) is 5.84. The van der Waals surface area contributed by atoms with E-state index in [-0.39, 0.29) is 12.3 Å². The van der Waals surface area contributed by atoms with Gasteiger partial charge in [0.15, 0.2) is 11.5 Å². The lowest BCUT2D eigenvalue weighted by molar-refractivity contribution is -0.393. The molecule has 3 rings (SSSR count). The van der Waals surface area contributed by atoms with Crippen LogP contribution in [-0.2, 0) is 6.61 Å². The van der Waals surface area contributed by atoms with Crippen LogP contribution in [0.4, 0.5) is 17.1 Å². The lowest BCUT2D eigenvalue weighted by atomic mass is 10.2. The second-order valence-electron chi connectivity index (χ2n) is 6.53. The smallest absolute Gasteiger partial charge is 0.301 e. The van der Waals surface area contributed by atoms with E-state index < -0.39 is 21.2 Å². The minimum atomic E-state index is -0.728. The maximum Gasteiger partial charge on any atom is 0.301 e. The van der Waals surface area contributed by atoms with E-state index in [0.717, 1.165) is 17.7 Å². The number of anilines is 1. The number of nitrogens with one attached hydrogen (secondary N) is 1. The van der Waals surface area contributed by atoms with Crippen molar-refractivity contribution in [1.29, 1.82) is 0 Å². The largest absolute Gasteiger partial charge is 0.493 e. The Morgan fingerprint density at radius 3 is 2.42 bits per heavy atom. The molecule has 0 spiro atoms. The van der Waals surface area contributed by atoms with E-state index in [1.165, 1.54) is 19.4 Å². The summed E-state index contributed by atoms with van der Waals surface area (Å²) in [6.07, 6.45) is 1.41. The van der Waals surface area contributed by atoms with Crippen molar-refractivity contribution in [3.63, 3.8) is 0 Å². The van der Waals surface area contributed by atoms with Crippen molar-refractivity contribution < 1.29 is 19.3 Å². The molecular formula is C21H16Cl2N4O6. The first kappa shape index (κ1) is 23.8. The van der Waals surface area contributed by atoms with Gasteiger partial charge in [-0.05, 0) is 47.5 Å². The molecular weight excluding hydrogens is 475 g/mol. The second-order valence-corrected chi connectivity index (χ2v) is 7.35. The lowest BCUT2D eigenvalue weighted by Crippen LogP contribution is -2.00. The highest BCUT2D eigenvalue weighted by Gasteiger charge is 2.19. The third-order valence-electron chi connectivity index (χ3n) is 4.35. The standard InChI is InChI=1S/C21H16Cl2N4O6/c1-32-21-9-13(3-7-20(21)33-12-14-2-5-16(22)17(23)8-14)11-24-25-18-6-4-15(26(28)29)10-19(18)27(30)31/h2-11,25H,12H2,1H3/b24-11-. The Balaban J connectivity index is 1.71. The maximum absolute atomic E-state index is 11.2. The summed E-state index contributed by atoms with van der Waals surface area (Å²) in [4.78, 5) is 20.6. The molecule has 0 saturated carbocycles. The van der Waals surface area contributed by atoms with E-state index in [2.05, 4.69) is 10.5 Å². The highest BCUT2D eigenvalue weighted by atomic mass is 35.5. The highest BCUT2D eigenvalue weighted by molar-refractivity contribution is 6.42. The average molecular weight is 491 g/mol. The molecule has 1 N–H and O–H groups in total. The third kappa shape index (κ3) is 6.09. The molecule has 0 saturated heterocycles. The van der Waals surface area contributed by atoms with Gasteiger partial charge in [-0.3, -0.25) is 25.7 Å². The number of nitro benzene ring substituents is 2. The van der Waals surface area contributed by atoms with Gasteiger partial charge in [-0.1, -0.05) is 29.3 Å². The van der Waals surface area contributed by atoms with E-state index >= 15 is 0 Å². The zero-order valence-corrected chi connectivity index (χ0v) is 18.5. The molecule has 3 aromatic rings. The minimum Gasteiger partial charge on any atom is -0.493 e. The van der Waals surface area contributed by atoms with Crippen molar-refractivity contribution in [2.24, 2.45) is 5.10 Å². The number of non-ortho nitro benzene ring substituents is 1. The van der Waals surface area contributed by atoms with Crippen molar-refractivity contribution in [3.05, 3.63) is 96.0 Å². The summed E-state index contributed by atoms with van der Waals surface area (Å²) in [5.41, 5.74) is 3.12. The third-order valence-corrected chi connectivity index (χ3v) is 5.09. The van der Waals surface area contributed by atoms with E-state index in [9.17, 15) is 20.2 Å².